The zero-order valence-electron chi connectivity index (χ0n) is 8.90. The average molecular weight is 223 g/mol. The number of Topliss-reactive ketones (excluding diaryl/α,β-unsaturated/α-hetero) is 1. The van der Waals surface area contributed by atoms with Crippen LogP contribution in [0, 0.1) is 0 Å². The van der Waals surface area contributed by atoms with Crippen LogP contribution in [0.3, 0.4) is 0 Å². The number of benzene rings is 1. The smallest absolute Gasteiger partial charge is 0.405 e. The van der Waals surface area contributed by atoms with Gasteiger partial charge in [0.15, 0.2) is 5.78 Å². The number of ether oxygens (including phenoxy) is 1. The van der Waals surface area contributed by atoms with E-state index in [0.717, 1.165) is 11.3 Å². The Labute approximate surface area is 93.0 Å². The summed E-state index contributed by atoms with van der Waals surface area (Å²) in [5.74, 6) is 0.549. The monoisotopic (exact) mass is 223 g/mol. The van der Waals surface area contributed by atoms with Gasteiger partial charge in [0.2, 0.25) is 0 Å². The zero-order chi connectivity index (χ0) is 12.0. The highest BCUT2D eigenvalue weighted by Crippen LogP contribution is 2.11. The molecule has 0 saturated carbocycles. The van der Waals surface area contributed by atoms with Crippen LogP contribution in [0.2, 0.25) is 0 Å². The minimum atomic E-state index is -1.19. The Hall–Kier alpha value is -2.04. The lowest BCUT2D eigenvalue weighted by molar-refractivity contribution is -0.117. The van der Waals surface area contributed by atoms with Crippen molar-refractivity contribution in [2.75, 3.05) is 13.7 Å². The van der Waals surface area contributed by atoms with Gasteiger partial charge in [-0.2, -0.15) is 0 Å². The molecule has 16 heavy (non-hydrogen) atoms. The van der Waals surface area contributed by atoms with Crippen LogP contribution < -0.4 is 10.1 Å². The Morgan fingerprint density at radius 2 is 1.94 bits per heavy atom. The van der Waals surface area contributed by atoms with Gasteiger partial charge in [-0.25, -0.2) is 4.79 Å². The molecule has 1 aromatic carbocycles. The van der Waals surface area contributed by atoms with E-state index in [9.17, 15) is 9.59 Å². The molecule has 0 aliphatic carbocycles. The Morgan fingerprint density at radius 3 is 2.44 bits per heavy atom. The molecule has 0 atom stereocenters. The second kappa shape index (κ2) is 5.75. The first kappa shape index (κ1) is 12.0. The third-order valence-electron chi connectivity index (χ3n) is 2.00. The van der Waals surface area contributed by atoms with E-state index in [-0.39, 0.29) is 18.7 Å². The summed E-state index contributed by atoms with van der Waals surface area (Å²) in [6, 6.07) is 7.06. The lowest BCUT2D eigenvalue weighted by Gasteiger charge is -2.03. The van der Waals surface area contributed by atoms with Crippen molar-refractivity contribution in [1.29, 1.82) is 0 Å². The number of hydrogen-bond donors (Lipinski definition) is 2. The van der Waals surface area contributed by atoms with Crippen molar-refractivity contribution in [3.8, 4) is 5.75 Å². The fourth-order valence-electron chi connectivity index (χ4n) is 1.21. The van der Waals surface area contributed by atoms with Crippen molar-refractivity contribution in [3.05, 3.63) is 29.8 Å². The minimum Gasteiger partial charge on any atom is -0.497 e. The fourth-order valence-corrected chi connectivity index (χ4v) is 1.21. The van der Waals surface area contributed by atoms with Gasteiger partial charge in [0.05, 0.1) is 13.7 Å². The molecule has 0 saturated heterocycles. The highest BCUT2D eigenvalue weighted by molar-refractivity contribution is 5.85. The molecule has 1 rings (SSSR count). The average Bonchev–Trinajstić information content (AvgIpc) is 2.27. The molecule has 2 N–H and O–H groups in total. The van der Waals surface area contributed by atoms with Crippen LogP contribution in [0.1, 0.15) is 5.56 Å². The number of carboxylic acid groups (broad SMARTS) is 1. The minimum absolute atomic E-state index is 0.165. The largest absolute Gasteiger partial charge is 0.497 e. The molecule has 0 unspecified atom stereocenters. The number of carbonyl (C=O) groups is 2. The lowest BCUT2D eigenvalue weighted by atomic mass is 10.1. The maximum atomic E-state index is 11.3. The Morgan fingerprint density at radius 1 is 1.31 bits per heavy atom. The molecule has 0 spiro atoms. The normalized spacial score (nSPS) is 9.56. The van der Waals surface area contributed by atoms with Gasteiger partial charge in [-0.3, -0.25) is 4.79 Å². The number of hydrogen-bond acceptors (Lipinski definition) is 3. The summed E-state index contributed by atoms with van der Waals surface area (Å²) in [6.45, 7) is -0.165. The zero-order valence-corrected chi connectivity index (χ0v) is 8.90. The van der Waals surface area contributed by atoms with Crippen molar-refractivity contribution >= 4 is 11.9 Å². The van der Waals surface area contributed by atoms with Gasteiger partial charge in [0, 0.05) is 6.42 Å². The third-order valence-corrected chi connectivity index (χ3v) is 2.00. The van der Waals surface area contributed by atoms with Gasteiger partial charge in [-0.05, 0) is 17.7 Å². The van der Waals surface area contributed by atoms with Crippen LogP contribution in [0.5, 0.6) is 5.75 Å². The summed E-state index contributed by atoms with van der Waals surface area (Å²) in [5, 5.41) is 10.3. The van der Waals surface area contributed by atoms with Crippen molar-refractivity contribution < 1.29 is 19.4 Å². The summed E-state index contributed by atoms with van der Waals surface area (Å²) in [5.41, 5.74) is 0.831. The maximum Gasteiger partial charge on any atom is 0.405 e. The Bertz CT molecular complexity index is 372. The van der Waals surface area contributed by atoms with Crippen LogP contribution in [-0.4, -0.2) is 30.6 Å². The number of methoxy groups -OCH3 is 1. The summed E-state index contributed by atoms with van der Waals surface area (Å²) in [6.07, 6.45) is -0.979. The number of rotatable bonds is 5. The van der Waals surface area contributed by atoms with Crippen LogP contribution in [0.25, 0.3) is 0 Å². The molecule has 0 radical (unpaired) electrons. The molecule has 5 nitrogen and oxygen atoms in total. The SMILES string of the molecule is COc1ccc(CC(=O)CNC(=O)O)cc1. The highest BCUT2D eigenvalue weighted by Gasteiger charge is 2.05. The van der Waals surface area contributed by atoms with E-state index in [4.69, 9.17) is 9.84 Å². The van der Waals surface area contributed by atoms with E-state index >= 15 is 0 Å². The van der Waals surface area contributed by atoms with E-state index in [0.29, 0.717) is 0 Å². The molecule has 0 aliphatic rings. The molecular formula is C11H13NO4. The Balaban J connectivity index is 2.46. The molecule has 86 valence electrons. The number of amides is 1. The van der Waals surface area contributed by atoms with Crippen LogP contribution in [0.15, 0.2) is 24.3 Å². The molecule has 0 fully saturated rings. The van der Waals surface area contributed by atoms with E-state index in [1.807, 2.05) is 5.32 Å². The molecule has 0 aromatic heterocycles. The van der Waals surface area contributed by atoms with Gasteiger partial charge in [-0.15, -0.1) is 0 Å². The fraction of sp³-hybridized carbons (Fsp3) is 0.273. The van der Waals surface area contributed by atoms with Crippen LogP contribution in [-0.2, 0) is 11.2 Å². The summed E-state index contributed by atoms with van der Waals surface area (Å²) in [4.78, 5) is 21.5. The number of nitrogens with one attached hydrogen (secondary N) is 1. The second-order valence-corrected chi connectivity index (χ2v) is 3.22. The van der Waals surface area contributed by atoms with E-state index in [1.54, 1.807) is 31.4 Å². The molecule has 1 amide bonds. The van der Waals surface area contributed by atoms with E-state index in [1.165, 1.54) is 0 Å². The van der Waals surface area contributed by atoms with E-state index < -0.39 is 6.09 Å². The second-order valence-electron chi connectivity index (χ2n) is 3.22. The maximum absolute atomic E-state index is 11.3. The predicted molar refractivity (Wildman–Crippen MR) is 57.7 cm³/mol. The van der Waals surface area contributed by atoms with Gasteiger partial charge < -0.3 is 15.2 Å². The molecule has 0 heterocycles. The quantitative estimate of drug-likeness (QED) is 0.783. The van der Waals surface area contributed by atoms with Gasteiger partial charge in [0.25, 0.3) is 0 Å². The lowest BCUT2D eigenvalue weighted by Crippen LogP contribution is -2.28. The van der Waals surface area contributed by atoms with E-state index in [2.05, 4.69) is 0 Å². The summed E-state index contributed by atoms with van der Waals surface area (Å²) < 4.78 is 4.98. The topological polar surface area (TPSA) is 75.6 Å². The van der Waals surface area contributed by atoms with Gasteiger partial charge in [0.1, 0.15) is 5.75 Å². The standard InChI is InChI=1S/C11H13NO4/c1-16-10-4-2-8(3-5-10)6-9(13)7-12-11(14)15/h2-5,12H,6-7H2,1H3,(H,14,15). The predicted octanol–water partition coefficient (Wildman–Crippen LogP) is 1.07. The van der Waals surface area contributed by atoms with Crippen molar-refractivity contribution in [2.45, 2.75) is 6.42 Å². The molecule has 1 aromatic rings. The van der Waals surface area contributed by atoms with Gasteiger partial charge >= 0.3 is 6.09 Å². The van der Waals surface area contributed by atoms with Crippen molar-refractivity contribution in [3.63, 3.8) is 0 Å². The summed E-state index contributed by atoms with van der Waals surface area (Å²) in [7, 11) is 1.57. The number of carbonyl (C=O) groups excluding carboxylic acids is 1. The Kier molecular flexibility index (Phi) is 4.32. The first-order valence-corrected chi connectivity index (χ1v) is 4.73. The first-order valence-electron chi connectivity index (χ1n) is 4.73. The van der Waals surface area contributed by atoms with Crippen LogP contribution >= 0.6 is 0 Å². The van der Waals surface area contributed by atoms with Gasteiger partial charge in [-0.1, -0.05) is 12.1 Å². The molecular weight excluding hydrogens is 210 g/mol. The third kappa shape index (κ3) is 4.00. The van der Waals surface area contributed by atoms with Crippen LogP contribution in [0.4, 0.5) is 4.79 Å². The summed E-state index contributed by atoms with van der Waals surface area (Å²) >= 11 is 0. The first-order chi connectivity index (χ1) is 7.61. The molecule has 5 heteroatoms. The van der Waals surface area contributed by atoms with Crippen molar-refractivity contribution in [1.82, 2.24) is 5.32 Å². The highest BCUT2D eigenvalue weighted by atomic mass is 16.5. The molecule has 0 aliphatic heterocycles. The number of ketones is 1. The van der Waals surface area contributed by atoms with Crippen molar-refractivity contribution in [2.24, 2.45) is 0 Å². The molecule has 0 bridgehead atoms.